The van der Waals surface area contributed by atoms with E-state index in [-0.39, 0.29) is 5.82 Å². The molecule has 1 aliphatic carbocycles. The Bertz CT molecular complexity index is 380. The minimum absolute atomic E-state index is 0.133. The van der Waals surface area contributed by atoms with Crippen molar-refractivity contribution in [2.24, 2.45) is 11.8 Å². The minimum Gasteiger partial charge on any atom is -0.312 e. The van der Waals surface area contributed by atoms with E-state index in [4.69, 9.17) is 0 Å². The molecule has 0 spiro atoms. The van der Waals surface area contributed by atoms with E-state index in [0.29, 0.717) is 6.54 Å². The number of halogens is 2. The molecule has 0 aromatic heterocycles. The van der Waals surface area contributed by atoms with Crippen molar-refractivity contribution in [2.75, 3.05) is 6.54 Å². The largest absolute Gasteiger partial charge is 0.312 e. The minimum atomic E-state index is -0.133. The molecule has 3 heteroatoms. The first-order chi connectivity index (χ1) is 8.16. The Labute approximate surface area is 111 Å². The summed E-state index contributed by atoms with van der Waals surface area (Å²) in [6.07, 6.45) is 4.01. The summed E-state index contributed by atoms with van der Waals surface area (Å²) in [5.41, 5.74) is 0.749. The Morgan fingerprint density at radius 2 is 2.24 bits per heavy atom. The molecule has 1 aromatic carbocycles. The molecule has 1 aliphatic rings. The SMILES string of the molecule is CC1CCCC1CNCc1ccc(Br)cc1F. The summed E-state index contributed by atoms with van der Waals surface area (Å²) >= 11 is 3.27. The number of benzene rings is 1. The van der Waals surface area contributed by atoms with E-state index in [9.17, 15) is 4.39 Å². The number of rotatable bonds is 4. The van der Waals surface area contributed by atoms with Crippen molar-refractivity contribution in [1.82, 2.24) is 5.32 Å². The summed E-state index contributed by atoms with van der Waals surface area (Å²) in [5.74, 6) is 1.46. The van der Waals surface area contributed by atoms with E-state index < -0.39 is 0 Å². The van der Waals surface area contributed by atoms with Crippen LogP contribution >= 0.6 is 15.9 Å². The summed E-state index contributed by atoms with van der Waals surface area (Å²) in [7, 11) is 0. The molecule has 1 fully saturated rings. The molecule has 1 saturated carbocycles. The Kier molecular flexibility index (Phi) is 4.57. The molecule has 2 rings (SSSR count). The van der Waals surface area contributed by atoms with E-state index in [0.717, 1.165) is 28.4 Å². The highest BCUT2D eigenvalue weighted by molar-refractivity contribution is 9.10. The quantitative estimate of drug-likeness (QED) is 0.882. The van der Waals surface area contributed by atoms with Gasteiger partial charge in [-0.15, -0.1) is 0 Å². The summed E-state index contributed by atoms with van der Waals surface area (Å²) in [6.45, 7) is 3.96. The van der Waals surface area contributed by atoms with Gasteiger partial charge >= 0.3 is 0 Å². The van der Waals surface area contributed by atoms with Gasteiger partial charge in [0.15, 0.2) is 0 Å². The molecule has 1 N–H and O–H groups in total. The molecule has 17 heavy (non-hydrogen) atoms. The van der Waals surface area contributed by atoms with Gasteiger partial charge in [-0.1, -0.05) is 41.8 Å². The van der Waals surface area contributed by atoms with E-state index in [1.807, 2.05) is 12.1 Å². The number of nitrogens with one attached hydrogen (secondary N) is 1. The molecule has 2 unspecified atom stereocenters. The van der Waals surface area contributed by atoms with Gasteiger partial charge in [-0.25, -0.2) is 4.39 Å². The average Bonchev–Trinajstić information content (AvgIpc) is 2.68. The first-order valence-corrected chi connectivity index (χ1v) is 7.11. The molecule has 2 atom stereocenters. The summed E-state index contributed by atoms with van der Waals surface area (Å²) in [5, 5.41) is 3.38. The van der Waals surface area contributed by atoms with E-state index in [2.05, 4.69) is 28.2 Å². The van der Waals surface area contributed by atoms with Crippen molar-refractivity contribution >= 4 is 15.9 Å². The molecule has 94 valence electrons. The number of hydrogen-bond donors (Lipinski definition) is 1. The summed E-state index contributed by atoms with van der Waals surface area (Å²) in [6, 6.07) is 5.25. The van der Waals surface area contributed by atoms with Gasteiger partial charge < -0.3 is 5.32 Å². The van der Waals surface area contributed by atoms with Crippen molar-refractivity contribution in [3.63, 3.8) is 0 Å². The van der Waals surface area contributed by atoms with Crippen LogP contribution in [0, 0.1) is 17.7 Å². The van der Waals surface area contributed by atoms with Crippen LogP contribution in [0.15, 0.2) is 22.7 Å². The van der Waals surface area contributed by atoms with Gasteiger partial charge in [-0.2, -0.15) is 0 Å². The third-order valence-electron chi connectivity index (χ3n) is 3.78. The first kappa shape index (κ1) is 13.0. The zero-order valence-electron chi connectivity index (χ0n) is 10.2. The second kappa shape index (κ2) is 5.96. The van der Waals surface area contributed by atoms with Crippen LogP contribution < -0.4 is 5.32 Å². The second-order valence-corrected chi connectivity index (χ2v) is 5.95. The topological polar surface area (TPSA) is 12.0 Å². The highest BCUT2D eigenvalue weighted by atomic mass is 79.9. The van der Waals surface area contributed by atoms with Gasteiger partial charge in [0.25, 0.3) is 0 Å². The lowest BCUT2D eigenvalue weighted by Crippen LogP contribution is -2.24. The Hall–Kier alpha value is -0.410. The average molecular weight is 300 g/mol. The maximum atomic E-state index is 13.6. The standard InChI is InChI=1S/C14H19BrFN/c1-10-3-2-4-11(10)8-17-9-12-5-6-13(15)7-14(12)16/h5-7,10-11,17H,2-4,8-9H2,1H3. The summed E-state index contributed by atoms with van der Waals surface area (Å²) < 4.78 is 14.4. The van der Waals surface area contributed by atoms with Gasteiger partial charge in [0.2, 0.25) is 0 Å². The van der Waals surface area contributed by atoms with Gasteiger partial charge in [0.1, 0.15) is 5.82 Å². The second-order valence-electron chi connectivity index (χ2n) is 5.03. The van der Waals surface area contributed by atoms with Crippen molar-refractivity contribution in [2.45, 2.75) is 32.7 Å². The fourth-order valence-corrected chi connectivity index (χ4v) is 2.92. The molecule has 0 bridgehead atoms. The normalized spacial score (nSPS) is 24.2. The zero-order chi connectivity index (χ0) is 12.3. The van der Waals surface area contributed by atoms with E-state index >= 15 is 0 Å². The van der Waals surface area contributed by atoms with Crippen molar-refractivity contribution < 1.29 is 4.39 Å². The lowest BCUT2D eigenvalue weighted by atomic mass is 9.98. The van der Waals surface area contributed by atoms with E-state index in [1.54, 1.807) is 0 Å². The first-order valence-electron chi connectivity index (χ1n) is 6.31. The molecule has 0 heterocycles. The maximum Gasteiger partial charge on any atom is 0.128 e. The zero-order valence-corrected chi connectivity index (χ0v) is 11.8. The highest BCUT2D eigenvalue weighted by Gasteiger charge is 2.22. The van der Waals surface area contributed by atoms with Crippen molar-refractivity contribution in [3.8, 4) is 0 Å². The molecular weight excluding hydrogens is 281 g/mol. The molecule has 1 nitrogen and oxygen atoms in total. The number of hydrogen-bond acceptors (Lipinski definition) is 1. The lowest BCUT2D eigenvalue weighted by Gasteiger charge is -2.16. The van der Waals surface area contributed by atoms with E-state index in [1.165, 1.54) is 25.3 Å². The fraction of sp³-hybridized carbons (Fsp3) is 0.571. The molecule has 0 amide bonds. The Morgan fingerprint density at radius 3 is 2.88 bits per heavy atom. The van der Waals surface area contributed by atoms with Crippen LogP contribution in [0.4, 0.5) is 4.39 Å². The Balaban J connectivity index is 1.81. The summed E-state index contributed by atoms with van der Waals surface area (Å²) in [4.78, 5) is 0. The Morgan fingerprint density at radius 1 is 1.41 bits per heavy atom. The molecular formula is C14H19BrFN. The van der Waals surface area contributed by atoms with Gasteiger partial charge in [0.05, 0.1) is 0 Å². The van der Waals surface area contributed by atoms with Crippen molar-refractivity contribution in [3.05, 3.63) is 34.1 Å². The van der Waals surface area contributed by atoms with Crippen LogP contribution in [0.3, 0.4) is 0 Å². The lowest BCUT2D eigenvalue weighted by molar-refractivity contribution is 0.390. The fourth-order valence-electron chi connectivity index (χ4n) is 2.58. The van der Waals surface area contributed by atoms with Crippen LogP contribution in [-0.4, -0.2) is 6.54 Å². The van der Waals surface area contributed by atoms with Crippen LogP contribution in [0.2, 0.25) is 0 Å². The predicted molar refractivity (Wildman–Crippen MR) is 72.3 cm³/mol. The van der Waals surface area contributed by atoms with Crippen molar-refractivity contribution in [1.29, 1.82) is 0 Å². The third kappa shape index (κ3) is 3.52. The smallest absolute Gasteiger partial charge is 0.128 e. The maximum absolute atomic E-state index is 13.6. The monoisotopic (exact) mass is 299 g/mol. The van der Waals surface area contributed by atoms with Crippen LogP contribution in [0.1, 0.15) is 31.7 Å². The van der Waals surface area contributed by atoms with Crippen LogP contribution in [0.25, 0.3) is 0 Å². The van der Waals surface area contributed by atoms with Gasteiger partial charge in [0, 0.05) is 16.6 Å². The third-order valence-corrected chi connectivity index (χ3v) is 4.27. The van der Waals surface area contributed by atoms with Gasteiger partial charge in [-0.05, 0) is 36.9 Å². The highest BCUT2D eigenvalue weighted by Crippen LogP contribution is 2.30. The van der Waals surface area contributed by atoms with Crippen LogP contribution in [-0.2, 0) is 6.54 Å². The predicted octanol–water partition coefficient (Wildman–Crippen LogP) is 4.11. The van der Waals surface area contributed by atoms with Crippen LogP contribution in [0.5, 0.6) is 0 Å². The molecule has 0 saturated heterocycles. The molecule has 0 radical (unpaired) electrons. The molecule has 1 aromatic rings. The van der Waals surface area contributed by atoms with Gasteiger partial charge in [-0.3, -0.25) is 0 Å². The molecule has 0 aliphatic heterocycles.